The van der Waals surface area contributed by atoms with E-state index in [2.05, 4.69) is 11.1 Å². The van der Waals surface area contributed by atoms with Gasteiger partial charge in [-0.1, -0.05) is 15.1 Å². The summed E-state index contributed by atoms with van der Waals surface area (Å²) in [6.07, 6.45) is 1.55. The third-order valence-electron chi connectivity index (χ3n) is 0.260. The van der Waals surface area contributed by atoms with Gasteiger partial charge in [0.15, 0.2) is 0 Å². The SMILES string of the molecule is C=CCOP[O-]. The van der Waals surface area contributed by atoms with E-state index in [0.717, 1.165) is 0 Å². The van der Waals surface area contributed by atoms with E-state index in [-0.39, 0.29) is 0 Å². The second-order valence-corrected chi connectivity index (χ2v) is 1.14. The van der Waals surface area contributed by atoms with Crippen molar-refractivity contribution in [2.75, 3.05) is 6.61 Å². The van der Waals surface area contributed by atoms with Crippen molar-refractivity contribution in [1.82, 2.24) is 0 Å². The van der Waals surface area contributed by atoms with Gasteiger partial charge in [-0.05, 0) is 0 Å². The highest BCUT2D eigenvalue weighted by Crippen LogP contribution is 1.94. The molecule has 1 atom stereocenters. The van der Waals surface area contributed by atoms with Crippen molar-refractivity contribution in [3.63, 3.8) is 0 Å². The van der Waals surface area contributed by atoms with Crippen LogP contribution in [0.25, 0.3) is 0 Å². The van der Waals surface area contributed by atoms with Crippen molar-refractivity contribution in [3.05, 3.63) is 12.7 Å². The van der Waals surface area contributed by atoms with Crippen molar-refractivity contribution >= 4 is 9.03 Å². The normalized spacial score (nSPS) is 10.2. The molecule has 0 N–H and O–H groups in total. The Morgan fingerprint density at radius 2 is 2.67 bits per heavy atom. The van der Waals surface area contributed by atoms with E-state index in [1.54, 1.807) is 6.08 Å². The molecule has 0 heterocycles. The van der Waals surface area contributed by atoms with Crippen LogP contribution >= 0.6 is 9.03 Å². The maximum Gasteiger partial charge on any atom is 0.0667 e. The zero-order valence-corrected chi connectivity index (χ0v) is 4.31. The molecule has 2 nitrogen and oxygen atoms in total. The summed E-state index contributed by atoms with van der Waals surface area (Å²) in [5, 5.41) is 0. The predicted octanol–water partition coefficient (Wildman–Crippen LogP) is 0.0578. The quantitative estimate of drug-likeness (QED) is 0.289. The summed E-state index contributed by atoms with van der Waals surface area (Å²) in [5.74, 6) is 0. The highest BCUT2D eigenvalue weighted by Gasteiger charge is 1.62. The smallest absolute Gasteiger partial charge is 0.0667 e. The Balaban J connectivity index is 2.49. The van der Waals surface area contributed by atoms with Gasteiger partial charge in [0.2, 0.25) is 0 Å². The Morgan fingerprint density at radius 1 is 2.00 bits per heavy atom. The molecule has 3 heteroatoms. The van der Waals surface area contributed by atoms with Crippen molar-refractivity contribution in [2.24, 2.45) is 0 Å². The van der Waals surface area contributed by atoms with E-state index < -0.39 is 9.03 Å². The van der Waals surface area contributed by atoms with Crippen molar-refractivity contribution in [1.29, 1.82) is 0 Å². The third-order valence-corrected chi connectivity index (χ3v) is 0.545. The lowest BCUT2D eigenvalue weighted by atomic mass is 10.7. The van der Waals surface area contributed by atoms with Gasteiger partial charge in [-0.2, -0.15) is 0 Å². The summed E-state index contributed by atoms with van der Waals surface area (Å²) in [7, 11) is -0.657. The molecule has 0 aromatic heterocycles. The first-order valence-electron chi connectivity index (χ1n) is 1.51. The first-order chi connectivity index (χ1) is 2.91. The molecule has 0 saturated heterocycles. The second-order valence-electron chi connectivity index (χ2n) is 0.683. The average Bonchev–Trinajstić information content (AvgIpc) is 1.61. The first-order valence-corrected chi connectivity index (χ1v) is 2.33. The molecule has 0 aliphatic heterocycles. The lowest BCUT2D eigenvalue weighted by Crippen LogP contribution is -1.85. The van der Waals surface area contributed by atoms with Crippen LogP contribution in [-0.2, 0) is 4.52 Å². The van der Waals surface area contributed by atoms with Crippen LogP contribution in [-0.4, -0.2) is 6.61 Å². The van der Waals surface area contributed by atoms with E-state index in [4.69, 9.17) is 0 Å². The molecule has 0 fully saturated rings. The lowest BCUT2D eigenvalue weighted by Gasteiger charge is -1.99. The van der Waals surface area contributed by atoms with E-state index in [9.17, 15) is 4.89 Å². The van der Waals surface area contributed by atoms with Crippen LogP contribution in [0.4, 0.5) is 0 Å². The molecule has 6 heavy (non-hydrogen) atoms. The van der Waals surface area contributed by atoms with E-state index in [1.165, 1.54) is 0 Å². The van der Waals surface area contributed by atoms with Gasteiger partial charge in [-0.25, -0.2) is 0 Å². The standard InChI is InChI=1S/C3H6O2P/c1-2-3-5-6-4/h2,6H,1,3H2/q-1. The average molecular weight is 105 g/mol. The van der Waals surface area contributed by atoms with Crippen LogP contribution in [0, 0.1) is 0 Å². The Labute approximate surface area is 38.8 Å². The number of hydrogen-bond acceptors (Lipinski definition) is 2. The van der Waals surface area contributed by atoms with Crippen LogP contribution in [0.15, 0.2) is 12.7 Å². The monoisotopic (exact) mass is 105 g/mol. The topological polar surface area (TPSA) is 32.3 Å². The van der Waals surface area contributed by atoms with Crippen molar-refractivity contribution in [2.45, 2.75) is 0 Å². The molecule has 0 aromatic rings. The fourth-order valence-corrected chi connectivity index (χ4v) is 0.279. The molecular formula is C3H6O2P-. The van der Waals surface area contributed by atoms with Crippen LogP contribution in [0.3, 0.4) is 0 Å². The molecule has 0 amide bonds. The zero-order valence-electron chi connectivity index (χ0n) is 3.31. The van der Waals surface area contributed by atoms with Gasteiger partial charge < -0.3 is 9.42 Å². The van der Waals surface area contributed by atoms with Crippen LogP contribution in [0.2, 0.25) is 0 Å². The maximum atomic E-state index is 9.45. The van der Waals surface area contributed by atoms with E-state index >= 15 is 0 Å². The first kappa shape index (κ1) is 6.09. The van der Waals surface area contributed by atoms with Crippen LogP contribution in [0.5, 0.6) is 0 Å². The minimum Gasteiger partial charge on any atom is -0.810 e. The van der Waals surface area contributed by atoms with Crippen LogP contribution in [0.1, 0.15) is 0 Å². The van der Waals surface area contributed by atoms with Gasteiger partial charge in [-0.15, -0.1) is 6.58 Å². The van der Waals surface area contributed by atoms with Gasteiger partial charge in [0, 0.05) is 0 Å². The number of hydrogen-bond donors (Lipinski definition) is 0. The predicted molar refractivity (Wildman–Crippen MR) is 24.5 cm³/mol. The summed E-state index contributed by atoms with van der Waals surface area (Å²) in [4.78, 5) is 9.45. The largest absolute Gasteiger partial charge is 0.810 e. The second kappa shape index (κ2) is 5.09. The lowest BCUT2D eigenvalue weighted by molar-refractivity contribution is -0.168. The fourth-order valence-electron chi connectivity index (χ4n) is 0.0929. The Kier molecular flexibility index (Phi) is 5.17. The summed E-state index contributed by atoms with van der Waals surface area (Å²) in [6.45, 7) is 3.72. The molecule has 1 unspecified atom stereocenters. The maximum absolute atomic E-state index is 9.45. The molecular weight excluding hydrogens is 99.0 g/mol. The molecule has 0 aromatic carbocycles. The van der Waals surface area contributed by atoms with Crippen LogP contribution < -0.4 is 4.89 Å². The minimum absolute atomic E-state index is 0.377. The van der Waals surface area contributed by atoms with Crippen molar-refractivity contribution < 1.29 is 9.42 Å². The fraction of sp³-hybridized carbons (Fsp3) is 0.333. The molecule has 0 rings (SSSR count). The Bertz CT molecular complexity index is 37.8. The van der Waals surface area contributed by atoms with Crippen molar-refractivity contribution in [3.8, 4) is 0 Å². The summed E-state index contributed by atoms with van der Waals surface area (Å²) in [5.41, 5.74) is 0. The third kappa shape index (κ3) is 4.09. The zero-order chi connectivity index (χ0) is 4.83. The summed E-state index contributed by atoms with van der Waals surface area (Å²) >= 11 is 0. The van der Waals surface area contributed by atoms with Gasteiger partial charge in [0.25, 0.3) is 0 Å². The molecule has 0 aliphatic carbocycles. The van der Waals surface area contributed by atoms with Gasteiger partial charge in [0.05, 0.1) is 6.61 Å². The minimum atomic E-state index is -0.657. The Morgan fingerprint density at radius 3 is 2.83 bits per heavy atom. The summed E-state index contributed by atoms with van der Waals surface area (Å²) < 4.78 is 4.34. The molecule has 0 saturated carbocycles. The van der Waals surface area contributed by atoms with Gasteiger partial charge in [0.1, 0.15) is 0 Å². The molecule has 0 aliphatic rings. The molecule has 36 valence electrons. The van der Waals surface area contributed by atoms with Gasteiger partial charge >= 0.3 is 0 Å². The van der Waals surface area contributed by atoms with E-state index in [0.29, 0.717) is 6.61 Å². The van der Waals surface area contributed by atoms with Gasteiger partial charge in [-0.3, -0.25) is 0 Å². The van der Waals surface area contributed by atoms with E-state index in [1.807, 2.05) is 0 Å². The highest BCUT2D eigenvalue weighted by molar-refractivity contribution is 7.23. The molecule has 0 radical (unpaired) electrons. The molecule has 0 spiro atoms. The highest BCUT2D eigenvalue weighted by atomic mass is 31.1. The number of rotatable bonds is 3. The Hall–Kier alpha value is 0.0900. The summed E-state index contributed by atoms with van der Waals surface area (Å²) in [6, 6.07) is 0. The molecule has 0 bridgehead atoms.